The van der Waals surface area contributed by atoms with Crippen LogP contribution in [-0.2, 0) is 4.79 Å². The average molecular weight is 344 g/mol. The van der Waals surface area contributed by atoms with Gasteiger partial charge in [0.15, 0.2) is 0 Å². The maximum absolute atomic E-state index is 12.1. The number of carbonyl (C=O) groups excluding carboxylic acids is 2. The van der Waals surface area contributed by atoms with E-state index in [1.807, 2.05) is 0 Å². The Labute approximate surface area is 139 Å². The number of piperidine rings is 1. The molecule has 1 aliphatic rings. The van der Waals surface area contributed by atoms with Crippen LogP contribution in [0.3, 0.4) is 0 Å². The van der Waals surface area contributed by atoms with Crippen molar-refractivity contribution < 1.29 is 9.59 Å². The van der Waals surface area contributed by atoms with Gasteiger partial charge in [-0.15, -0.1) is 0 Å². The molecule has 2 amide bonds. The summed E-state index contributed by atoms with van der Waals surface area (Å²) in [6, 6.07) is 4.85. The first-order valence-electron chi connectivity index (χ1n) is 7.18. The summed E-state index contributed by atoms with van der Waals surface area (Å²) in [6.07, 6.45) is 1.87. The van der Waals surface area contributed by atoms with Crippen molar-refractivity contribution in [2.75, 3.05) is 26.7 Å². The number of benzene rings is 1. The molecule has 22 heavy (non-hydrogen) atoms. The minimum Gasteiger partial charge on any atom is -0.343 e. The third-order valence-corrected chi connectivity index (χ3v) is 4.57. The third kappa shape index (κ3) is 4.35. The Morgan fingerprint density at radius 3 is 2.59 bits per heavy atom. The SMILES string of the molecule is CN(C(=O)CNC(=O)c1ccc(Cl)c(Cl)c1)C1CCNCC1. The topological polar surface area (TPSA) is 61.4 Å². The number of hydrogen-bond donors (Lipinski definition) is 2. The Kier molecular flexibility index (Phi) is 6.06. The Balaban J connectivity index is 1.87. The maximum atomic E-state index is 12.1. The highest BCUT2D eigenvalue weighted by molar-refractivity contribution is 6.42. The van der Waals surface area contributed by atoms with Gasteiger partial charge in [-0.1, -0.05) is 23.2 Å². The molecule has 1 heterocycles. The second-order valence-corrected chi connectivity index (χ2v) is 6.11. The van der Waals surface area contributed by atoms with E-state index in [4.69, 9.17) is 23.2 Å². The van der Waals surface area contributed by atoms with Crippen LogP contribution >= 0.6 is 23.2 Å². The van der Waals surface area contributed by atoms with Crippen LogP contribution < -0.4 is 10.6 Å². The van der Waals surface area contributed by atoms with Crippen molar-refractivity contribution >= 4 is 35.0 Å². The lowest BCUT2D eigenvalue weighted by Gasteiger charge is -2.31. The van der Waals surface area contributed by atoms with E-state index in [0.29, 0.717) is 15.6 Å². The van der Waals surface area contributed by atoms with Crippen molar-refractivity contribution in [3.8, 4) is 0 Å². The van der Waals surface area contributed by atoms with Gasteiger partial charge in [0, 0.05) is 18.7 Å². The summed E-state index contributed by atoms with van der Waals surface area (Å²) >= 11 is 11.7. The molecule has 1 fully saturated rings. The first kappa shape index (κ1) is 17.1. The van der Waals surface area contributed by atoms with Gasteiger partial charge in [-0.05, 0) is 44.1 Å². The van der Waals surface area contributed by atoms with Gasteiger partial charge in [0.05, 0.1) is 16.6 Å². The molecule has 7 heteroatoms. The standard InChI is InChI=1S/C15H19Cl2N3O2/c1-20(11-4-6-18-7-5-11)14(21)9-19-15(22)10-2-3-12(16)13(17)8-10/h2-3,8,11,18H,4-7,9H2,1H3,(H,19,22). The number of likely N-dealkylation sites (N-methyl/N-ethyl adjacent to an activating group) is 1. The minimum atomic E-state index is -0.342. The Morgan fingerprint density at radius 2 is 1.95 bits per heavy atom. The number of hydrogen-bond acceptors (Lipinski definition) is 3. The fourth-order valence-electron chi connectivity index (χ4n) is 2.42. The van der Waals surface area contributed by atoms with Gasteiger partial charge in [-0.25, -0.2) is 0 Å². The predicted octanol–water partition coefficient (Wildman–Crippen LogP) is 1.93. The lowest BCUT2D eigenvalue weighted by atomic mass is 10.1. The monoisotopic (exact) mass is 343 g/mol. The summed E-state index contributed by atoms with van der Waals surface area (Å²) in [4.78, 5) is 25.9. The molecule has 2 N–H and O–H groups in total. The highest BCUT2D eigenvalue weighted by atomic mass is 35.5. The molecule has 0 bridgehead atoms. The molecule has 1 aromatic carbocycles. The van der Waals surface area contributed by atoms with E-state index < -0.39 is 0 Å². The number of nitrogens with one attached hydrogen (secondary N) is 2. The lowest BCUT2D eigenvalue weighted by Crippen LogP contribution is -2.47. The minimum absolute atomic E-state index is 0.0283. The van der Waals surface area contributed by atoms with Crippen LogP contribution in [0.1, 0.15) is 23.2 Å². The van der Waals surface area contributed by atoms with E-state index in [-0.39, 0.29) is 24.4 Å². The van der Waals surface area contributed by atoms with Crippen LogP contribution in [0.5, 0.6) is 0 Å². The molecular weight excluding hydrogens is 325 g/mol. The number of amides is 2. The zero-order valence-electron chi connectivity index (χ0n) is 12.4. The average Bonchev–Trinajstić information content (AvgIpc) is 2.54. The molecule has 0 aliphatic carbocycles. The Morgan fingerprint density at radius 1 is 1.27 bits per heavy atom. The van der Waals surface area contributed by atoms with Crippen molar-refractivity contribution in [3.05, 3.63) is 33.8 Å². The van der Waals surface area contributed by atoms with Crippen molar-refractivity contribution in [3.63, 3.8) is 0 Å². The highest BCUT2D eigenvalue weighted by Gasteiger charge is 2.22. The van der Waals surface area contributed by atoms with Crippen molar-refractivity contribution in [2.45, 2.75) is 18.9 Å². The smallest absolute Gasteiger partial charge is 0.251 e. The van der Waals surface area contributed by atoms with Gasteiger partial charge in [-0.3, -0.25) is 9.59 Å². The second-order valence-electron chi connectivity index (χ2n) is 5.30. The summed E-state index contributed by atoms with van der Waals surface area (Å²) in [6.45, 7) is 1.80. The van der Waals surface area contributed by atoms with Crippen molar-refractivity contribution in [2.24, 2.45) is 0 Å². The molecule has 1 aliphatic heterocycles. The number of carbonyl (C=O) groups is 2. The van der Waals surface area contributed by atoms with E-state index in [0.717, 1.165) is 25.9 Å². The first-order chi connectivity index (χ1) is 10.5. The largest absolute Gasteiger partial charge is 0.343 e. The zero-order chi connectivity index (χ0) is 16.1. The van der Waals surface area contributed by atoms with Crippen LogP contribution in [-0.4, -0.2) is 49.4 Å². The summed E-state index contributed by atoms with van der Waals surface area (Å²) in [5.74, 6) is -0.439. The van der Waals surface area contributed by atoms with E-state index >= 15 is 0 Å². The summed E-state index contributed by atoms with van der Waals surface area (Å²) in [5, 5.41) is 6.58. The van der Waals surface area contributed by atoms with E-state index in [2.05, 4.69) is 10.6 Å². The maximum Gasteiger partial charge on any atom is 0.251 e. The number of rotatable bonds is 4. The van der Waals surface area contributed by atoms with Gasteiger partial charge in [-0.2, -0.15) is 0 Å². The fourth-order valence-corrected chi connectivity index (χ4v) is 2.72. The van der Waals surface area contributed by atoms with Gasteiger partial charge >= 0.3 is 0 Å². The van der Waals surface area contributed by atoms with Gasteiger partial charge in [0.1, 0.15) is 0 Å². The molecule has 0 unspecified atom stereocenters. The van der Waals surface area contributed by atoms with Crippen molar-refractivity contribution in [1.29, 1.82) is 0 Å². The highest BCUT2D eigenvalue weighted by Crippen LogP contribution is 2.22. The summed E-state index contributed by atoms with van der Waals surface area (Å²) < 4.78 is 0. The number of nitrogens with zero attached hydrogens (tertiary/aromatic N) is 1. The van der Waals surface area contributed by atoms with Crippen LogP contribution in [0.2, 0.25) is 10.0 Å². The number of halogens is 2. The quantitative estimate of drug-likeness (QED) is 0.878. The van der Waals surface area contributed by atoms with Gasteiger partial charge in [0.2, 0.25) is 5.91 Å². The zero-order valence-corrected chi connectivity index (χ0v) is 13.9. The molecule has 1 saturated heterocycles. The summed E-state index contributed by atoms with van der Waals surface area (Å²) in [7, 11) is 1.78. The third-order valence-electron chi connectivity index (χ3n) is 3.83. The molecule has 0 spiro atoms. The molecule has 5 nitrogen and oxygen atoms in total. The van der Waals surface area contributed by atoms with Crippen LogP contribution in [0.15, 0.2) is 18.2 Å². The molecule has 0 radical (unpaired) electrons. The van der Waals surface area contributed by atoms with Crippen LogP contribution in [0.4, 0.5) is 0 Å². The van der Waals surface area contributed by atoms with E-state index in [1.54, 1.807) is 24.1 Å². The van der Waals surface area contributed by atoms with Gasteiger partial charge in [0.25, 0.3) is 5.91 Å². The van der Waals surface area contributed by atoms with E-state index in [9.17, 15) is 9.59 Å². The molecular formula is C15H19Cl2N3O2. The molecule has 2 rings (SSSR count). The normalized spacial score (nSPS) is 15.4. The predicted molar refractivity (Wildman–Crippen MR) is 87.5 cm³/mol. The Bertz CT molecular complexity index is 560. The molecule has 0 saturated carbocycles. The lowest BCUT2D eigenvalue weighted by molar-refractivity contribution is -0.131. The van der Waals surface area contributed by atoms with Crippen LogP contribution in [0.25, 0.3) is 0 Å². The molecule has 1 aromatic rings. The van der Waals surface area contributed by atoms with Crippen LogP contribution in [0, 0.1) is 0 Å². The van der Waals surface area contributed by atoms with Gasteiger partial charge < -0.3 is 15.5 Å². The second kappa shape index (κ2) is 7.81. The summed E-state index contributed by atoms with van der Waals surface area (Å²) in [5.41, 5.74) is 0.381. The van der Waals surface area contributed by atoms with Crippen molar-refractivity contribution in [1.82, 2.24) is 15.5 Å². The molecule has 0 aromatic heterocycles. The first-order valence-corrected chi connectivity index (χ1v) is 7.94. The molecule has 120 valence electrons. The van der Waals surface area contributed by atoms with E-state index in [1.165, 1.54) is 6.07 Å². The Hall–Kier alpha value is -1.30. The molecule has 0 atom stereocenters. The fraction of sp³-hybridized carbons (Fsp3) is 0.467.